The average Bonchev–Trinajstić information content (AvgIpc) is 2.82. The quantitative estimate of drug-likeness (QED) is 0.355. The number of hydrogen-bond acceptors (Lipinski definition) is 4. The number of pyridine rings is 1. The molecule has 2 N–H and O–H groups in total. The van der Waals surface area contributed by atoms with Crippen LogP contribution in [0.3, 0.4) is 0 Å². The smallest absolute Gasteiger partial charge is 0.241 e. The Kier molecular flexibility index (Phi) is 8.36. The third kappa shape index (κ3) is 6.14. The summed E-state index contributed by atoms with van der Waals surface area (Å²) in [6.45, 7) is 1.26. The lowest BCUT2D eigenvalue weighted by Gasteiger charge is -2.20. The van der Waals surface area contributed by atoms with Crippen LogP contribution in [0.25, 0.3) is 10.8 Å². The van der Waals surface area contributed by atoms with E-state index in [4.69, 9.17) is 0 Å². The molecule has 0 radical (unpaired) electrons. The lowest BCUT2D eigenvalue weighted by molar-refractivity contribution is 0.529. The number of hydrogen-bond donors (Lipinski definition) is 2. The Labute approximate surface area is 195 Å². The minimum absolute atomic E-state index is 0. The largest absolute Gasteiger partial charge is 0.314 e. The van der Waals surface area contributed by atoms with Gasteiger partial charge in [-0.05, 0) is 47.7 Å². The Hall–Kier alpha value is -2.77. The predicted molar refractivity (Wildman–Crippen MR) is 132 cm³/mol. The second-order valence-corrected chi connectivity index (χ2v) is 9.12. The highest BCUT2D eigenvalue weighted by Crippen LogP contribution is 2.21. The first-order chi connectivity index (χ1) is 15.1. The van der Waals surface area contributed by atoms with Crippen molar-refractivity contribution < 1.29 is 8.42 Å². The molecule has 0 aliphatic heterocycles. The molecule has 3 aromatic carbocycles. The van der Waals surface area contributed by atoms with Crippen molar-refractivity contribution in [2.75, 3.05) is 13.1 Å². The number of fused-ring (bicyclic) bond motifs is 1. The molecule has 5 nitrogen and oxygen atoms in total. The van der Waals surface area contributed by atoms with Crippen LogP contribution in [0.5, 0.6) is 0 Å². The zero-order valence-electron chi connectivity index (χ0n) is 17.5. The first kappa shape index (κ1) is 23.9. The maximum absolute atomic E-state index is 13.2. The second kappa shape index (κ2) is 11.2. The number of halogens is 1. The van der Waals surface area contributed by atoms with Gasteiger partial charge in [-0.1, -0.05) is 66.7 Å². The number of sulfonamides is 1. The van der Waals surface area contributed by atoms with Crippen molar-refractivity contribution >= 4 is 33.2 Å². The van der Waals surface area contributed by atoms with Gasteiger partial charge in [0.2, 0.25) is 10.0 Å². The molecule has 0 amide bonds. The molecule has 1 aromatic heterocycles. The van der Waals surface area contributed by atoms with Gasteiger partial charge in [0, 0.05) is 24.3 Å². The fourth-order valence-corrected chi connectivity index (χ4v) is 4.78. The van der Waals surface area contributed by atoms with E-state index in [-0.39, 0.29) is 23.3 Å². The zero-order chi connectivity index (χ0) is 21.5. The SMILES string of the molecule is Cl.O=S(=O)(N[C@@H](CNCCc1ccccc1)c1ccccc1)c1ccc2cnccc2c1. The molecule has 0 fully saturated rings. The van der Waals surface area contributed by atoms with Crippen LogP contribution in [-0.4, -0.2) is 26.5 Å². The fraction of sp³-hybridized carbons (Fsp3) is 0.160. The van der Waals surface area contributed by atoms with Crippen LogP contribution in [0.1, 0.15) is 17.2 Å². The van der Waals surface area contributed by atoms with Gasteiger partial charge in [-0.15, -0.1) is 12.4 Å². The summed E-state index contributed by atoms with van der Waals surface area (Å²) in [5.74, 6) is 0. The molecule has 1 heterocycles. The molecular formula is C25H26ClN3O2S. The molecule has 32 heavy (non-hydrogen) atoms. The van der Waals surface area contributed by atoms with Crippen LogP contribution in [0.2, 0.25) is 0 Å². The van der Waals surface area contributed by atoms with E-state index in [9.17, 15) is 8.42 Å². The van der Waals surface area contributed by atoms with E-state index in [2.05, 4.69) is 27.2 Å². The van der Waals surface area contributed by atoms with E-state index in [1.165, 1.54) is 5.56 Å². The Morgan fingerprint density at radius 3 is 2.31 bits per heavy atom. The molecule has 0 unspecified atom stereocenters. The number of aromatic nitrogens is 1. The van der Waals surface area contributed by atoms with E-state index >= 15 is 0 Å². The Bertz CT molecular complexity index is 1240. The van der Waals surface area contributed by atoms with Crippen LogP contribution in [0, 0.1) is 0 Å². The number of nitrogens with zero attached hydrogens (tertiary/aromatic N) is 1. The van der Waals surface area contributed by atoms with Gasteiger partial charge >= 0.3 is 0 Å². The normalized spacial score (nSPS) is 12.2. The standard InChI is InChI=1S/C25H25N3O2S.ClH/c29-31(30,24-12-11-23-18-26-16-14-22(23)17-24)28-25(21-9-5-2-6-10-21)19-27-15-13-20-7-3-1-4-8-20;/h1-12,14,16-18,25,27-28H,13,15,19H2;1H/t25-;/m0./s1. The molecule has 1 atom stereocenters. The van der Waals surface area contributed by atoms with Crippen LogP contribution >= 0.6 is 12.4 Å². The maximum Gasteiger partial charge on any atom is 0.241 e. The number of nitrogens with one attached hydrogen (secondary N) is 2. The van der Waals surface area contributed by atoms with E-state index in [1.807, 2.05) is 54.6 Å². The van der Waals surface area contributed by atoms with Crippen molar-refractivity contribution in [2.24, 2.45) is 0 Å². The van der Waals surface area contributed by atoms with Gasteiger partial charge in [0.25, 0.3) is 0 Å². The fourth-order valence-electron chi connectivity index (χ4n) is 3.52. The molecule has 0 bridgehead atoms. The minimum atomic E-state index is -3.70. The molecule has 0 aliphatic rings. The molecule has 4 aromatic rings. The summed E-state index contributed by atoms with van der Waals surface area (Å²) in [4.78, 5) is 4.33. The molecule has 0 saturated heterocycles. The van der Waals surface area contributed by atoms with Crippen molar-refractivity contribution in [2.45, 2.75) is 17.4 Å². The van der Waals surface area contributed by atoms with Crippen LogP contribution in [-0.2, 0) is 16.4 Å². The second-order valence-electron chi connectivity index (χ2n) is 7.41. The Balaban J connectivity index is 0.00000289. The molecule has 0 saturated carbocycles. The van der Waals surface area contributed by atoms with Gasteiger partial charge in [-0.2, -0.15) is 0 Å². The van der Waals surface area contributed by atoms with Gasteiger partial charge in [0.1, 0.15) is 0 Å². The first-order valence-corrected chi connectivity index (χ1v) is 11.8. The van der Waals surface area contributed by atoms with Crippen molar-refractivity contribution in [3.05, 3.63) is 108 Å². The molecule has 4 rings (SSSR count). The lowest BCUT2D eigenvalue weighted by atomic mass is 10.1. The lowest BCUT2D eigenvalue weighted by Crippen LogP contribution is -2.36. The van der Waals surface area contributed by atoms with Crippen LogP contribution in [0.15, 0.2) is 102 Å². The average molecular weight is 468 g/mol. The topological polar surface area (TPSA) is 71.1 Å². The zero-order valence-corrected chi connectivity index (χ0v) is 19.1. The summed E-state index contributed by atoms with van der Waals surface area (Å²) in [5, 5.41) is 5.15. The third-order valence-corrected chi connectivity index (χ3v) is 6.67. The van der Waals surface area contributed by atoms with Crippen molar-refractivity contribution in [1.29, 1.82) is 0 Å². The Morgan fingerprint density at radius 2 is 1.56 bits per heavy atom. The van der Waals surface area contributed by atoms with E-state index in [0.29, 0.717) is 6.54 Å². The van der Waals surface area contributed by atoms with E-state index in [0.717, 1.165) is 29.3 Å². The van der Waals surface area contributed by atoms with Crippen molar-refractivity contribution in [3.63, 3.8) is 0 Å². The van der Waals surface area contributed by atoms with Gasteiger partial charge in [0.05, 0.1) is 10.9 Å². The molecule has 0 spiro atoms. The van der Waals surface area contributed by atoms with Gasteiger partial charge < -0.3 is 5.32 Å². The third-order valence-electron chi connectivity index (χ3n) is 5.20. The summed E-state index contributed by atoms with van der Waals surface area (Å²) in [5.41, 5.74) is 2.17. The first-order valence-electron chi connectivity index (χ1n) is 10.3. The van der Waals surface area contributed by atoms with Crippen molar-refractivity contribution in [3.8, 4) is 0 Å². The molecular weight excluding hydrogens is 442 g/mol. The van der Waals surface area contributed by atoms with Gasteiger partial charge in [-0.3, -0.25) is 4.98 Å². The highest BCUT2D eigenvalue weighted by molar-refractivity contribution is 7.89. The minimum Gasteiger partial charge on any atom is -0.314 e. The maximum atomic E-state index is 13.2. The highest BCUT2D eigenvalue weighted by Gasteiger charge is 2.21. The summed E-state index contributed by atoms with van der Waals surface area (Å²) in [7, 11) is -3.70. The monoisotopic (exact) mass is 467 g/mol. The van der Waals surface area contributed by atoms with E-state index in [1.54, 1.807) is 30.6 Å². The molecule has 166 valence electrons. The summed E-state index contributed by atoms with van der Waals surface area (Å²) < 4.78 is 29.2. The summed E-state index contributed by atoms with van der Waals surface area (Å²) in [6, 6.07) is 26.4. The number of rotatable bonds is 9. The summed E-state index contributed by atoms with van der Waals surface area (Å²) >= 11 is 0. The van der Waals surface area contributed by atoms with Gasteiger partial charge in [-0.25, -0.2) is 13.1 Å². The molecule has 0 aliphatic carbocycles. The van der Waals surface area contributed by atoms with E-state index < -0.39 is 10.0 Å². The number of benzene rings is 3. The van der Waals surface area contributed by atoms with Crippen LogP contribution < -0.4 is 10.0 Å². The van der Waals surface area contributed by atoms with Gasteiger partial charge in [0.15, 0.2) is 0 Å². The van der Waals surface area contributed by atoms with Crippen molar-refractivity contribution in [1.82, 2.24) is 15.0 Å². The van der Waals surface area contributed by atoms with Crippen LogP contribution in [0.4, 0.5) is 0 Å². The predicted octanol–water partition coefficient (Wildman–Crippen LogP) is 4.51. The Morgan fingerprint density at radius 1 is 0.844 bits per heavy atom. The highest BCUT2D eigenvalue weighted by atomic mass is 35.5. The summed E-state index contributed by atoms with van der Waals surface area (Å²) in [6.07, 6.45) is 4.27. The molecule has 7 heteroatoms.